The number of anilines is 1. The lowest BCUT2D eigenvalue weighted by atomic mass is 10.1. The largest absolute Gasteiger partial charge is 0.322 e. The second-order valence-electron chi connectivity index (χ2n) is 5.61. The molecule has 0 saturated carbocycles. The average Bonchev–Trinajstić information content (AvgIpc) is 2.61. The van der Waals surface area contributed by atoms with E-state index in [2.05, 4.69) is 10.3 Å². The Morgan fingerprint density at radius 1 is 1.16 bits per heavy atom. The highest BCUT2D eigenvalue weighted by Crippen LogP contribution is 2.14. The Kier molecular flexibility index (Phi) is 4.43. The molecule has 2 heterocycles. The number of benzene rings is 1. The molecular formula is C19H17N3O3. The van der Waals surface area contributed by atoms with Crippen LogP contribution in [0.25, 0.3) is 11.0 Å². The molecule has 0 saturated heterocycles. The van der Waals surface area contributed by atoms with Crippen LogP contribution in [0.4, 0.5) is 5.69 Å². The molecule has 0 unspecified atom stereocenters. The second-order valence-corrected chi connectivity index (χ2v) is 5.61. The molecule has 6 heteroatoms. The molecule has 0 fully saturated rings. The number of hydrogen-bond donors (Lipinski definition) is 1. The third kappa shape index (κ3) is 3.19. The van der Waals surface area contributed by atoms with Crippen LogP contribution < -0.4 is 10.9 Å². The highest BCUT2D eigenvalue weighted by atomic mass is 16.2. The van der Waals surface area contributed by atoms with E-state index in [0.717, 1.165) is 0 Å². The number of pyridine rings is 2. The molecule has 0 radical (unpaired) electrons. The fourth-order valence-corrected chi connectivity index (χ4v) is 2.68. The summed E-state index contributed by atoms with van der Waals surface area (Å²) < 4.78 is 1.47. The van der Waals surface area contributed by atoms with E-state index in [1.807, 2.05) is 6.92 Å². The van der Waals surface area contributed by atoms with Crippen molar-refractivity contribution in [3.05, 3.63) is 70.1 Å². The van der Waals surface area contributed by atoms with Crippen molar-refractivity contribution in [2.45, 2.75) is 20.4 Å². The maximum absolute atomic E-state index is 12.6. The van der Waals surface area contributed by atoms with Gasteiger partial charge >= 0.3 is 0 Å². The van der Waals surface area contributed by atoms with Crippen molar-refractivity contribution in [2.24, 2.45) is 0 Å². The maximum atomic E-state index is 12.6. The van der Waals surface area contributed by atoms with Crippen LogP contribution >= 0.6 is 0 Å². The molecule has 0 aliphatic rings. The zero-order valence-electron chi connectivity index (χ0n) is 13.9. The van der Waals surface area contributed by atoms with Gasteiger partial charge < -0.3 is 5.32 Å². The highest BCUT2D eigenvalue weighted by Gasteiger charge is 2.16. The van der Waals surface area contributed by atoms with Crippen molar-refractivity contribution >= 4 is 28.4 Å². The number of nitrogens with one attached hydrogen (secondary N) is 1. The van der Waals surface area contributed by atoms with Gasteiger partial charge in [-0.15, -0.1) is 0 Å². The number of rotatable bonds is 4. The van der Waals surface area contributed by atoms with Gasteiger partial charge in [-0.3, -0.25) is 19.0 Å². The predicted octanol–water partition coefficient (Wildman–Crippen LogP) is 2.87. The van der Waals surface area contributed by atoms with Gasteiger partial charge in [0.05, 0.1) is 0 Å². The first kappa shape index (κ1) is 16.6. The number of fused-ring (bicyclic) bond motifs is 1. The van der Waals surface area contributed by atoms with Gasteiger partial charge in [0.15, 0.2) is 5.78 Å². The molecule has 1 amide bonds. The summed E-state index contributed by atoms with van der Waals surface area (Å²) >= 11 is 0. The zero-order valence-corrected chi connectivity index (χ0v) is 13.9. The number of carbonyl (C=O) groups excluding carboxylic acids is 2. The van der Waals surface area contributed by atoms with E-state index in [1.54, 1.807) is 48.7 Å². The summed E-state index contributed by atoms with van der Waals surface area (Å²) in [4.78, 5) is 40.9. The van der Waals surface area contributed by atoms with E-state index in [9.17, 15) is 14.4 Å². The number of aromatic nitrogens is 2. The first-order valence-corrected chi connectivity index (χ1v) is 7.92. The van der Waals surface area contributed by atoms with Gasteiger partial charge in [-0.1, -0.05) is 12.1 Å². The molecule has 2 aromatic heterocycles. The molecular weight excluding hydrogens is 318 g/mol. The van der Waals surface area contributed by atoms with Gasteiger partial charge in [0, 0.05) is 29.4 Å². The zero-order chi connectivity index (χ0) is 18.0. The Morgan fingerprint density at radius 3 is 2.68 bits per heavy atom. The van der Waals surface area contributed by atoms with Gasteiger partial charge in [0.2, 0.25) is 0 Å². The molecule has 126 valence electrons. The fourth-order valence-electron chi connectivity index (χ4n) is 2.68. The number of amides is 1. The first-order valence-electron chi connectivity index (χ1n) is 7.92. The van der Waals surface area contributed by atoms with Crippen molar-refractivity contribution in [2.75, 3.05) is 5.32 Å². The van der Waals surface area contributed by atoms with Crippen LogP contribution in [-0.2, 0) is 6.54 Å². The Bertz CT molecular complexity index is 1040. The molecule has 6 nitrogen and oxygen atoms in total. The molecule has 1 aromatic carbocycles. The van der Waals surface area contributed by atoms with E-state index in [0.29, 0.717) is 28.8 Å². The number of ketones is 1. The summed E-state index contributed by atoms with van der Waals surface area (Å²) in [6.07, 6.45) is 1.61. The van der Waals surface area contributed by atoms with Crippen molar-refractivity contribution in [1.82, 2.24) is 9.55 Å². The molecule has 0 aliphatic heterocycles. The summed E-state index contributed by atoms with van der Waals surface area (Å²) in [5.74, 6) is -0.611. The van der Waals surface area contributed by atoms with E-state index >= 15 is 0 Å². The summed E-state index contributed by atoms with van der Waals surface area (Å²) in [5.41, 5.74) is 1.15. The normalized spacial score (nSPS) is 10.6. The fraction of sp³-hybridized carbons (Fsp3) is 0.158. The number of aryl methyl sites for hydroxylation is 1. The lowest BCUT2D eigenvalue weighted by Gasteiger charge is -2.11. The number of nitrogens with zero attached hydrogens (tertiary/aromatic N) is 2. The third-order valence-corrected chi connectivity index (χ3v) is 3.94. The lowest BCUT2D eigenvalue weighted by molar-refractivity contribution is 0.101. The van der Waals surface area contributed by atoms with E-state index in [-0.39, 0.29) is 11.3 Å². The van der Waals surface area contributed by atoms with Crippen molar-refractivity contribution in [3.8, 4) is 0 Å². The minimum absolute atomic E-state index is 0.0376. The summed E-state index contributed by atoms with van der Waals surface area (Å²) in [7, 11) is 0. The summed E-state index contributed by atoms with van der Waals surface area (Å²) in [6, 6.07) is 11.7. The van der Waals surface area contributed by atoms with E-state index in [1.165, 1.54) is 11.5 Å². The molecule has 3 rings (SSSR count). The topological polar surface area (TPSA) is 81.1 Å². The minimum Gasteiger partial charge on any atom is -0.322 e. The molecule has 0 spiro atoms. The van der Waals surface area contributed by atoms with Gasteiger partial charge in [0.1, 0.15) is 11.2 Å². The van der Waals surface area contributed by atoms with Crippen LogP contribution in [0.15, 0.2) is 53.5 Å². The summed E-state index contributed by atoms with van der Waals surface area (Å²) in [6.45, 7) is 3.69. The van der Waals surface area contributed by atoms with Crippen LogP contribution in [0.5, 0.6) is 0 Å². The smallest absolute Gasteiger partial charge is 0.265 e. The Hall–Kier alpha value is -3.28. The molecule has 0 bridgehead atoms. The van der Waals surface area contributed by atoms with Gasteiger partial charge in [-0.2, -0.15) is 0 Å². The van der Waals surface area contributed by atoms with Crippen molar-refractivity contribution in [1.29, 1.82) is 0 Å². The Morgan fingerprint density at radius 2 is 1.96 bits per heavy atom. The average molecular weight is 335 g/mol. The number of Topliss-reactive ketones (excluding diaryl/α,β-unsaturated/α-hetero) is 1. The van der Waals surface area contributed by atoms with Crippen LogP contribution in [0.3, 0.4) is 0 Å². The van der Waals surface area contributed by atoms with Crippen LogP contribution in [0, 0.1) is 0 Å². The lowest BCUT2D eigenvalue weighted by Crippen LogP contribution is -2.29. The van der Waals surface area contributed by atoms with Gasteiger partial charge in [0.25, 0.3) is 11.5 Å². The predicted molar refractivity (Wildman–Crippen MR) is 96.1 cm³/mol. The Labute approximate surface area is 144 Å². The van der Waals surface area contributed by atoms with Gasteiger partial charge in [-0.25, -0.2) is 4.98 Å². The van der Waals surface area contributed by atoms with E-state index < -0.39 is 11.5 Å². The third-order valence-electron chi connectivity index (χ3n) is 3.94. The monoisotopic (exact) mass is 335 g/mol. The van der Waals surface area contributed by atoms with Crippen LogP contribution in [-0.4, -0.2) is 21.2 Å². The molecule has 0 atom stereocenters. The minimum atomic E-state index is -0.515. The number of carbonyl (C=O) groups is 2. The second kappa shape index (κ2) is 6.68. The SMILES string of the molecule is CCn1c(=O)c(C(=O)Nc2cccc(C(C)=O)c2)cc2cccnc21. The maximum Gasteiger partial charge on any atom is 0.265 e. The van der Waals surface area contributed by atoms with Crippen molar-refractivity contribution in [3.63, 3.8) is 0 Å². The summed E-state index contributed by atoms with van der Waals surface area (Å²) in [5, 5.41) is 3.40. The van der Waals surface area contributed by atoms with Gasteiger partial charge in [-0.05, 0) is 44.2 Å². The molecule has 1 N–H and O–H groups in total. The van der Waals surface area contributed by atoms with Crippen LogP contribution in [0.2, 0.25) is 0 Å². The molecule has 25 heavy (non-hydrogen) atoms. The number of hydrogen-bond acceptors (Lipinski definition) is 4. The first-order chi connectivity index (χ1) is 12.0. The molecule has 3 aromatic rings. The molecule has 0 aliphatic carbocycles. The highest BCUT2D eigenvalue weighted by molar-refractivity contribution is 6.06. The van der Waals surface area contributed by atoms with Crippen LogP contribution in [0.1, 0.15) is 34.6 Å². The van der Waals surface area contributed by atoms with E-state index in [4.69, 9.17) is 0 Å². The Balaban J connectivity index is 2.03. The van der Waals surface area contributed by atoms with Crippen molar-refractivity contribution < 1.29 is 9.59 Å². The quantitative estimate of drug-likeness (QED) is 0.743. The standard InChI is InChI=1S/C19H17N3O3/c1-3-22-17-14(7-5-9-20-17)11-16(19(22)25)18(24)21-15-8-4-6-13(10-15)12(2)23/h4-11H,3H2,1-2H3,(H,21,24).